The monoisotopic (exact) mass is 460 g/mol. The average molecular weight is 461 g/mol. The van der Waals surface area contributed by atoms with E-state index in [4.69, 9.17) is 4.74 Å². The molecular formula is C20H24N6O3S2. The number of thioether (sulfide) groups is 1. The van der Waals surface area contributed by atoms with E-state index < -0.39 is 0 Å². The third kappa shape index (κ3) is 5.23. The average Bonchev–Trinajstić information content (AvgIpc) is 3.28. The maximum atomic E-state index is 12.4. The molecule has 2 amide bonds. The molecule has 2 aromatic heterocycles. The molecule has 1 aromatic carbocycles. The first kappa shape index (κ1) is 22.8. The summed E-state index contributed by atoms with van der Waals surface area (Å²) in [5, 5.41) is 12.2. The van der Waals surface area contributed by atoms with Gasteiger partial charge in [0.05, 0.1) is 23.6 Å². The molecule has 0 unspecified atom stereocenters. The maximum Gasteiger partial charge on any atom is 0.265 e. The van der Waals surface area contributed by atoms with Gasteiger partial charge >= 0.3 is 0 Å². The highest BCUT2D eigenvalue weighted by Crippen LogP contribution is 2.30. The van der Waals surface area contributed by atoms with Gasteiger partial charge in [-0.25, -0.2) is 4.98 Å². The smallest absolute Gasteiger partial charge is 0.265 e. The normalized spacial score (nSPS) is 10.7. The number of hydrogen-bond donors (Lipinski definition) is 1. The standard InChI is InChI=1S/C20H24N6O3S2/c1-6-29-14-10-8-7-9-13(14)17-23-24-20(26(17)5)30-11-15(27)22-19-21-12(2)16(31-19)18(28)25(3)4/h7-10H,6,11H2,1-5H3,(H,21,22,27). The molecule has 0 aliphatic rings. The number of nitrogens with one attached hydrogen (secondary N) is 1. The summed E-state index contributed by atoms with van der Waals surface area (Å²) in [4.78, 5) is 30.8. The lowest BCUT2D eigenvalue weighted by molar-refractivity contribution is -0.113. The molecule has 1 N–H and O–H groups in total. The van der Waals surface area contributed by atoms with Gasteiger partial charge in [0.2, 0.25) is 5.91 Å². The minimum Gasteiger partial charge on any atom is -0.493 e. The third-order valence-corrected chi connectivity index (χ3v) is 6.32. The van der Waals surface area contributed by atoms with Gasteiger partial charge in [0.25, 0.3) is 5.91 Å². The molecule has 3 rings (SSSR count). The van der Waals surface area contributed by atoms with Crippen molar-refractivity contribution >= 4 is 40.0 Å². The Morgan fingerprint density at radius 3 is 2.71 bits per heavy atom. The lowest BCUT2D eigenvalue weighted by Gasteiger charge is -2.09. The summed E-state index contributed by atoms with van der Waals surface area (Å²) in [5.74, 6) is 1.16. The van der Waals surface area contributed by atoms with E-state index in [1.807, 2.05) is 42.8 Å². The third-order valence-electron chi connectivity index (χ3n) is 4.24. The molecular weight excluding hydrogens is 436 g/mol. The Balaban J connectivity index is 1.66. The van der Waals surface area contributed by atoms with Crippen molar-refractivity contribution in [3.8, 4) is 17.1 Å². The van der Waals surface area contributed by atoms with Gasteiger partial charge in [0, 0.05) is 21.1 Å². The van der Waals surface area contributed by atoms with Crippen LogP contribution in [0.15, 0.2) is 29.4 Å². The van der Waals surface area contributed by atoms with Crippen LogP contribution in [0.1, 0.15) is 22.3 Å². The number of amides is 2. The Labute approximate surface area is 188 Å². The lowest BCUT2D eigenvalue weighted by atomic mass is 10.2. The topological polar surface area (TPSA) is 102 Å². The van der Waals surface area contributed by atoms with Gasteiger partial charge in [-0.3, -0.25) is 9.59 Å². The lowest BCUT2D eigenvalue weighted by Crippen LogP contribution is -2.21. The fourth-order valence-electron chi connectivity index (χ4n) is 2.74. The van der Waals surface area contributed by atoms with Crippen molar-refractivity contribution in [1.82, 2.24) is 24.6 Å². The van der Waals surface area contributed by atoms with E-state index >= 15 is 0 Å². The molecule has 9 nitrogen and oxygen atoms in total. The van der Waals surface area contributed by atoms with E-state index in [9.17, 15) is 9.59 Å². The molecule has 164 valence electrons. The number of ether oxygens (including phenoxy) is 1. The van der Waals surface area contributed by atoms with E-state index in [0.717, 1.165) is 11.3 Å². The second-order valence-corrected chi connectivity index (χ2v) is 8.71. The van der Waals surface area contributed by atoms with Gasteiger partial charge in [-0.15, -0.1) is 10.2 Å². The van der Waals surface area contributed by atoms with Crippen LogP contribution in [0.5, 0.6) is 5.75 Å². The zero-order valence-corrected chi connectivity index (χ0v) is 19.6. The molecule has 11 heteroatoms. The van der Waals surface area contributed by atoms with Gasteiger partial charge in [-0.1, -0.05) is 35.2 Å². The van der Waals surface area contributed by atoms with Crippen molar-refractivity contribution in [3.05, 3.63) is 34.8 Å². The fraction of sp³-hybridized carbons (Fsp3) is 0.350. The zero-order chi connectivity index (χ0) is 22.5. The highest BCUT2D eigenvalue weighted by molar-refractivity contribution is 7.99. The minimum absolute atomic E-state index is 0.134. The summed E-state index contributed by atoms with van der Waals surface area (Å²) < 4.78 is 7.51. The number of carbonyl (C=O) groups is 2. The SMILES string of the molecule is CCOc1ccccc1-c1nnc(SCC(=O)Nc2nc(C)c(C(=O)N(C)C)s2)n1C. The first-order chi connectivity index (χ1) is 14.8. The second kappa shape index (κ2) is 9.92. The number of nitrogens with zero attached hydrogens (tertiary/aromatic N) is 5. The van der Waals surface area contributed by atoms with Gasteiger partial charge in [-0.05, 0) is 26.0 Å². The Morgan fingerprint density at radius 1 is 1.26 bits per heavy atom. The predicted octanol–water partition coefficient (Wildman–Crippen LogP) is 3.08. The van der Waals surface area contributed by atoms with E-state index in [1.165, 1.54) is 28.0 Å². The Bertz CT molecular complexity index is 1090. The molecule has 0 fully saturated rings. The highest BCUT2D eigenvalue weighted by Gasteiger charge is 2.19. The van der Waals surface area contributed by atoms with E-state index in [1.54, 1.807) is 21.0 Å². The Hall–Kier alpha value is -2.92. The number of thiazole rings is 1. The van der Waals surface area contributed by atoms with Crippen LogP contribution < -0.4 is 10.1 Å². The number of aromatic nitrogens is 4. The van der Waals surface area contributed by atoms with Crippen molar-refractivity contribution in [3.63, 3.8) is 0 Å². The first-order valence-electron chi connectivity index (χ1n) is 9.55. The molecule has 0 aliphatic heterocycles. The molecule has 2 heterocycles. The van der Waals surface area contributed by atoms with Crippen LogP contribution in [0.25, 0.3) is 11.4 Å². The number of hydrogen-bond acceptors (Lipinski definition) is 8. The molecule has 0 atom stereocenters. The number of anilines is 1. The van der Waals surface area contributed by atoms with Crippen molar-refractivity contribution in [2.24, 2.45) is 7.05 Å². The maximum absolute atomic E-state index is 12.4. The van der Waals surface area contributed by atoms with Gasteiger partial charge in [-0.2, -0.15) is 0 Å². The minimum atomic E-state index is -0.234. The molecule has 0 saturated carbocycles. The fourth-order valence-corrected chi connectivity index (χ4v) is 4.46. The Kier molecular flexibility index (Phi) is 7.29. The highest BCUT2D eigenvalue weighted by atomic mass is 32.2. The van der Waals surface area contributed by atoms with Crippen LogP contribution in [0.3, 0.4) is 0 Å². The summed E-state index contributed by atoms with van der Waals surface area (Å²) in [6.45, 7) is 4.23. The van der Waals surface area contributed by atoms with Crippen molar-refractivity contribution in [1.29, 1.82) is 0 Å². The Morgan fingerprint density at radius 2 is 2.00 bits per heavy atom. The van der Waals surface area contributed by atoms with E-state index in [0.29, 0.717) is 33.3 Å². The van der Waals surface area contributed by atoms with Crippen molar-refractivity contribution in [2.45, 2.75) is 19.0 Å². The number of para-hydroxylation sites is 1. The molecule has 0 saturated heterocycles. The number of benzene rings is 1. The molecule has 0 radical (unpaired) electrons. The summed E-state index contributed by atoms with van der Waals surface area (Å²) in [6, 6.07) is 7.63. The van der Waals surface area contributed by atoms with Gasteiger partial charge < -0.3 is 19.5 Å². The summed E-state index contributed by atoms with van der Waals surface area (Å²) >= 11 is 2.44. The van der Waals surface area contributed by atoms with E-state index in [-0.39, 0.29) is 17.6 Å². The number of carbonyl (C=O) groups excluding carboxylic acids is 2. The molecule has 0 spiro atoms. The molecule has 0 aliphatic carbocycles. The number of rotatable bonds is 8. The summed E-state index contributed by atoms with van der Waals surface area (Å²) in [5.41, 5.74) is 1.43. The predicted molar refractivity (Wildman–Crippen MR) is 122 cm³/mol. The van der Waals surface area contributed by atoms with E-state index in [2.05, 4.69) is 20.5 Å². The van der Waals surface area contributed by atoms with Crippen LogP contribution in [0, 0.1) is 6.92 Å². The van der Waals surface area contributed by atoms with Crippen molar-refractivity contribution < 1.29 is 14.3 Å². The van der Waals surface area contributed by atoms with Crippen LogP contribution in [0.2, 0.25) is 0 Å². The van der Waals surface area contributed by atoms with Crippen LogP contribution in [-0.2, 0) is 11.8 Å². The summed E-state index contributed by atoms with van der Waals surface area (Å²) in [6.07, 6.45) is 0. The largest absolute Gasteiger partial charge is 0.493 e. The van der Waals surface area contributed by atoms with Gasteiger partial charge in [0.1, 0.15) is 10.6 Å². The van der Waals surface area contributed by atoms with Crippen LogP contribution in [-0.4, -0.2) is 62.9 Å². The first-order valence-corrected chi connectivity index (χ1v) is 11.3. The number of aryl methyl sites for hydroxylation is 1. The van der Waals surface area contributed by atoms with Crippen molar-refractivity contribution in [2.75, 3.05) is 31.8 Å². The van der Waals surface area contributed by atoms with Crippen LogP contribution in [0.4, 0.5) is 5.13 Å². The zero-order valence-electron chi connectivity index (χ0n) is 18.0. The quantitative estimate of drug-likeness (QED) is 0.515. The summed E-state index contributed by atoms with van der Waals surface area (Å²) in [7, 11) is 5.21. The van der Waals surface area contributed by atoms with Gasteiger partial charge in [0.15, 0.2) is 16.1 Å². The molecule has 0 bridgehead atoms. The molecule has 31 heavy (non-hydrogen) atoms. The molecule has 3 aromatic rings. The van der Waals surface area contributed by atoms with Crippen LogP contribution >= 0.6 is 23.1 Å². The second-order valence-electron chi connectivity index (χ2n) is 6.76.